The Morgan fingerprint density at radius 3 is 2.30 bits per heavy atom. The third-order valence-electron chi connectivity index (χ3n) is 3.09. The van der Waals surface area contributed by atoms with Crippen molar-refractivity contribution < 1.29 is 19.1 Å². The molecule has 5 heteroatoms. The maximum atomic E-state index is 12.0. The number of ether oxygens (including phenoxy) is 2. The van der Waals surface area contributed by atoms with Crippen LogP contribution >= 0.6 is 15.9 Å². The van der Waals surface area contributed by atoms with Gasteiger partial charge in [0, 0.05) is 10.0 Å². The summed E-state index contributed by atoms with van der Waals surface area (Å²) in [5.41, 5.74) is 2.59. The summed E-state index contributed by atoms with van der Waals surface area (Å²) in [7, 11) is 0. The molecule has 0 aliphatic rings. The van der Waals surface area contributed by atoms with Gasteiger partial charge in [0.05, 0.1) is 0 Å². The lowest BCUT2D eigenvalue weighted by molar-refractivity contribution is -0.144. The van der Waals surface area contributed by atoms with Crippen molar-refractivity contribution in [2.24, 2.45) is 0 Å². The molecule has 0 saturated heterocycles. The first-order chi connectivity index (χ1) is 11.0. The lowest BCUT2D eigenvalue weighted by Gasteiger charge is -2.09. The molecular formula is C18H17BrO4. The van der Waals surface area contributed by atoms with Gasteiger partial charge in [-0.05, 0) is 43.2 Å². The fourth-order valence-corrected chi connectivity index (χ4v) is 2.62. The number of benzene rings is 2. The molecule has 2 rings (SSSR count). The van der Waals surface area contributed by atoms with E-state index in [2.05, 4.69) is 15.9 Å². The molecule has 0 atom stereocenters. The number of ketones is 1. The lowest BCUT2D eigenvalue weighted by atomic mass is 10.1. The first-order valence-corrected chi connectivity index (χ1v) is 7.89. The van der Waals surface area contributed by atoms with Gasteiger partial charge in [-0.1, -0.05) is 40.2 Å². The van der Waals surface area contributed by atoms with Gasteiger partial charge in [0.25, 0.3) is 0 Å². The van der Waals surface area contributed by atoms with Gasteiger partial charge in [-0.15, -0.1) is 0 Å². The first-order valence-electron chi connectivity index (χ1n) is 7.10. The highest BCUT2D eigenvalue weighted by molar-refractivity contribution is 9.10. The Labute approximate surface area is 143 Å². The molecule has 0 radical (unpaired) electrons. The van der Waals surface area contributed by atoms with Crippen molar-refractivity contribution in [1.82, 2.24) is 0 Å². The van der Waals surface area contributed by atoms with Crippen LogP contribution in [0.2, 0.25) is 0 Å². The third-order valence-corrected chi connectivity index (χ3v) is 3.78. The summed E-state index contributed by atoms with van der Waals surface area (Å²) in [6, 6.07) is 12.7. The average molecular weight is 377 g/mol. The molecule has 0 N–H and O–H groups in total. The Morgan fingerprint density at radius 1 is 1.00 bits per heavy atom. The van der Waals surface area contributed by atoms with Gasteiger partial charge >= 0.3 is 5.97 Å². The van der Waals surface area contributed by atoms with Crippen LogP contribution in [-0.2, 0) is 9.53 Å². The maximum absolute atomic E-state index is 12.0. The smallest absolute Gasteiger partial charge is 0.344 e. The lowest BCUT2D eigenvalue weighted by Crippen LogP contribution is -2.19. The van der Waals surface area contributed by atoms with Crippen LogP contribution < -0.4 is 4.74 Å². The minimum Gasteiger partial charge on any atom is -0.482 e. The summed E-state index contributed by atoms with van der Waals surface area (Å²) in [5.74, 6) is -0.238. The van der Waals surface area contributed by atoms with Crippen molar-refractivity contribution in [1.29, 1.82) is 0 Å². The van der Waals surface area contributed by atoms with Gasteiger partial charge in [0.1, 0.15) is 5.75 Å². The Kier molecular flexibility index (Phi) is 5.93. The molecular weight excluding hydrogens is 360 g/mol. The number of carbonyl (C=O) groups is 2. The SMILES string of the molecule is Cc1cc(C)cc(OCC(=O)OCC(=O)c2ccccc2Br)c1. The van der Waals surface area contributed by atoms with E-state index in [9.17, 15) is 9.59 Å². The van der Waals surface area contributed by atoms with Gasteiger partial charge in [-0.3, -0.25) is 4.79 Å². The van der Waals surface area contributed by atoms with Crippen molar-refractivity contribution >= 4 is 27.7 Å². The van der Waals surface area contributed by atoms with E-state index >= 15 is 0 Å². The quantitative estimate of drug-likeness (QED) is 0.567. The normalized spacial score (nSPS) is 10.2. The van der Waals surface area contributed by atoms with E-state index in [0.29, 0.717) is 15.8 Å². The second-order valence-electron chi connectivity index (χ2n) is 5.18. The fraction of sp³-hybridized carbons (Fsp3) is 0.222. The van der Waals surface area contributed by atoms with E-state index < -0.39 is 5.97 Å². The number of halogens is 1. The zero-order valence-corrected chi connectivity index (χ0v) is 14.6. The van der Waals surface area contributed by atoms with E-state index in [1.165, 1.54) is 0 Å². The topological polar surface area (TPSA) is 52.6 Å². The third kappa shape index (κ3) is 5.21. The second-order valence-corrected chi connectivity index (χ2v) is 6.03. The van der Waals surface area contributed by atoms with E-state index in [1.54, 1.807) is 18.2 Å². The number of hydrogen-bond acceptors (Lipinski definition) is 4. The van der Waals surface area contributed by atoms with Gasteiger partial charge in [-0.2, -0.15) is 0 Å². The highest BCUT2D eigenvalue weighted by atomic mass is 79.9. The predicted octanol–water partition coefficient (Wildman–Crippen LogP) is 3.87. The molecule has 4 nitrogen and oxygen atoms in total. The van der Waals surface area contributed by atoms with Crippen LogP contribution in [0, 0.1) is 13.8 Å². The maximum Gasteiger partial charge on any atom is 0.344 e. The molecule has 0 fully saturated rings. The number of esters is 1. The molecule has 2 aromatic rings. The van der Waals surface area contributed by atoms with Crippen LogP contribution in [0.1, 0.15) is 21.5 Å². The average Bonchev–Trinajstić information content (AvgIpc) is 2.50. The van der Waals surface area contributed by atoms with E-state index in [0.717, 1.165) is 11.1 Å². The minimum atomic E-state index is -0.579. The Hall–Kier alpha value is -2.14. The van der Waals surface area contributed by atoms with Crippen LogP contribution in [0.25, 0.3) is 0 Å². The summed E-state index contributed by atoms with van der Waals surface area (Å²) in [6.45, 7) is 3.37. The van der Waals surface area contributed by atoms with Gasteiger partial charge in [0.2, 0.25) is 5.78 Å². The molecule has 0 aliphatic heterocycles. The molecule has 0 aromatic heterocycles. The van der Waals surface area contributed by atoms with Crippen molar-refractivity contribution in [2.45, 2.75) is 13.8 Å². The van der Waals surface area contributed by atoms with E-state index in [-0.39, 0.29) is 19.0 Å². The number of carbonyl (C=O) groups excluding carboxylic acids is 2. The molecule has 23 heavy (non-hydrogen) atoms. The highest BCUT2D eigenvalue weighted by Crippen LogP contribution is 2.17. The van der Waals surface area contributed by atoms with Crippen molar-refractivity contribution in [3.05, 3.63) is 63.6 Å². The molecule has 0 bridgehead atoms. The number of aryl methyl sites for hydroxylation is 2. The Morgan fingerprint density at radius 2 is 1.65 bits per heavy atom. The van der Waals surface area contributed by atoms with E-state index in [1.807, 2.05) is 38.1 Å². The van der Waals surface area contributed by atoms with Gasteiger partial charge < -0.3 is 9.47 Å². The largest absolute Gasteiger partial charge is 0.482 e. The molecule has 0 heterocycles. The monoisotopic (exact) mass is 376 g/mol. The first kappa shape index (κ1) is 17.2. The number of hydrogen-bond donors (Lipinski definition) is 0. The molecule has 2 aromatic carbocycles. The van der Waals surface area contributed by atoms with Crippen LogP contribution in [0.3, 0.4) is 0 Å². The van der Waals surface area contributed by atoms with Crippen LogP contribution in [0.4, 0.5) is 0 Å². The Bertz CT molecular complexity index is 704. The minimum absolute atomic E-state index is 0.230. The predicted molar refractivity (Wildman–Crippen MR) is 90.8 cm³/mol. The molecule has 0 spiro atoms. The summed E-state index contributed by atoms with van der Waals surface area (Å²) in [6.07, 6.45) is 0. The van der Waals surface area contributed by atoms with Gasteiger partial charge in [-0.25, -0.2) is 4.79 Å². The zero-order valence-electron chi connectivity index (χ0n) is 13.0. The number of rotatable bonds is 6. The van der Waals surface area contributed by atoms with Crippen molar-refractivity contribution in [3.63, 3.8) is 0 Å². The molecule has 0 unspecified atom stereocenters. The number of Topliss-reactive ketones (excluding diaryl/α,β-unsaturated/α-hetero) is 1. The highest BCUT2D eigenvalue weighted by Gasteiger charge is 2.13. The van der Waals surface area contributed by atoms with E-state index in [4.69, 9.17) is 9.47 Å². The molecule has 0 saturated carbocycles. The summed E-state index contributed by atoms with van der Waals surface area (Å²) < 4.78 is 11.0. The van der Waals surface area contributed by atoms with Crippen LogP contribution in [0.5, 0.6) is 5.75 Å². The van der Waals surface area contributed by atoms with Crippen molar-refractivity contribution in [3.8, 4) is 5.75 Å². The standard InChI is InChI=1S/C18H17BrO4/c1-12-7-13(2)9-14(8-12)22-11-18(21)23-10-17(20)15-5-3-4-6-16(15)19/h3-9H,10-11H2,1-2H3. The molecule has 120 valence electrons. The summed E-state index contributed by atoms with van der Waals surface area (Å²) in [4.78, 5) is 23.7. The molecule has 0 aliphatic carbocycles. The van der Waals surface area contributed by atoms with Crippen LogP contribution in [-0.4, -0.2) is 25.0 Å². The fourth-order valence-electron chi connectivity index (χ4n) is 2.11. The summed E-state index contributed by atoms with van der Waals surface area (Å²) in [5, 5.41) is 0. The van der Waals surface area contributed by atoms with Crippen molar-refractivity contribution in [2.75, 3.05) is 13.2 Å². The molecule has 0 amide bonds. The zero-order chi connectivity index (χ0) is 16.8. The summed E-state index contributed by atoms with van der Waals surface area (Å²) >= 11 is 3.29. The van der Waals surface area contributed by atoms with Crippen LogP contribution in [0.15, 0.2) is 46.9 Å². The Balaban J connectivity index is 1.83. The second kappa shape index (κ2) is 7.92. The van der Waals surface area contributed by atoms with Gasteiger partial charge in [0.15, 0.2) is 13.2 Å².